The molecule has 0 amide bonds. The minimum atomic E-state index is 0.405. The van der Waals surface area contributed by atoms with E-state index in [1.54, 1.807) is 26.4 Å². The zero-order valence-electron chi connectivity index (χ0n) is 10.1. The number of nitrogens with two attached hydrogens (primary N) is 1. The van der Waals surface area contributed by atoms with Crippen LogP contribution in [0.5, 0.6) is 0 Å². The number of hydrogen-bond donors (Lipinski definition) is 4. The average Bonchev–Trinajstić information content (AvgIpc) is 2.87. The molecule has 0 spiro atoms. The van der Waals surface area contributed by atoms with E-state index >= 15 is 0 Å². The monoisotopic (exact) mass is 243 g/mol. The lowest BCUT2D eigenvalue weighted by Crippen LogP contribution is -2.07. The fourth-order valence-electron chi connectivity index (χ4n) is 1.58. The van der Waals surface area contributed by atoms with Gasteiger partial charge in [0.25, 0.3) is 0 Å². The smallest absolute Gasteiger partial charge is 0.205 e. The molecular formula is C11H13N7. The number of nitriles is 1. The summed E-state index contributed by atoms with van der Waals surface area (Å²) >= 11 is 0. The summed E-state index contributed by atoms with van der Waals surface area (Å²) in [4.78, 5) is 11.2. The minimum absolute atomic E-state index is 0.405. The number of nitrogens with one attached hydrogen (secondary N) is 3. The van der Waals surface area contributed by atoms with Crippen LogP contribution >= 0.6 is 0 Å². The molecular weight excluding hydrogens is 230 g/mol. The maximum Gasteiger partial charge on any atom is 0.205 e. The van der Waals surface area contributed by atoms with Crippen molar-refractivity contribution in [1.29, 1.82) is 5.26 Å². The van der Waals surface area contributed by atoms with Gasteiger partial charge in [0.1, 0.15) is 6.07 Å². The van der Waals surface area contributed by atoms with Crippen molar-refractivity contribution in [2.45, 2.75) is 6.92 Å². The zero-order valence-corrected chi connectivity index (χ0v) is 10.1. The molecule has 2 aromatic heterocycles. The van der Waals surface area contributed by atoms with Crippen LogP contribution < -0.4 is 16.4 Å². The predicted octanol–water partition coefficient (Wildman–Crippen LogP) is 1.35. The number of aromatic nitrogens is 3. The molecule has 0 aromatic carbocycles. The Morgan fingerprint density at radius 3 is 2.78 bits per heavy atom. The maximum absolute atomic E-state index is 9.18. The number of hydrogen-bond acceptors (Lipinski definition) is 6. The van der Waals surface area contributed by atoms with E-state index in [1.165, 1.54) is 0 Å². The Hall–Kier alpha value is -2.75. The molecule has 0 saturated carbocycles. The third-order valence-corrected chi connectivity index (χ3v) is 2.58. The lowest BCUT2D eigenvalue weighted by molar-refractivity contribution is 1.20. The molecule has 0 aliphatic carbocycles. The molecule has 92 valence electrons. The van der Waals surface area contributed by atoms with Gasteiger partial charge in [-0.3, -0.25) is 0 Å². The van der Waals surface area contributed by atoms with E-state index in [1.807, 2.05) is 0 Å². The van der Waals surface area contributed by atoms with Crippen molar-refractivity contribution in [1.82, 2.24) is 15.0 Å². The molecule has 0 aliphatic heterocycles. The third-order valence-electron chi connectivity index (χ3n) is 2.58. The SMILES string of the molecule is CNc1nc(Nc2ncc[nH]2)c(C#N)c(C)c1N. The van der Waals surface area contributed by atoms with Crippen LogP contribution in [0.1, 0.15) is 11.1 Å². The molecule has 18 heavy (non-hydrogen) atoms. The van der Waals surface area contributed by atoms with E-state index < -0.39 is 0 Å². The normalized spacial score (nSPS) is 9.83. The first-order chi connectivity index (χ1) is 8.67. The largest absolute Gasteiger partial charge is 0.395 e. The fourth-order valence-corrected chi connectivity index (χ4v) is 1.58. The van der Waals surface area contributed by atoms with Gasteiger partial charge in [0, 0.05) is 19.4 Å². The van der Waals surface area contributed by atoms with Gasteiger partial charge in [0.2, 0.25) is 5.95 Å². The van der Waals surface area contributed by atoms with Gasteiger partial charge in [0.05, 0.1) is 11.3 Å². The van der Waals surface area contributed by atoms with Crippen molar-refractivity contribution in [3.63, 3.8) is 0 Å². The lowest BCUT2D eigenvalue weighted by atomic mass is 10.1. The van der Waals surface area contributed by atoms with Crippen LogP contribution in [0.25, 0.3) is 0 Å². The number of imidazole rings is 1. The van der Waals surface area contributed by atoms with Crippen LogP contribution in [0.15, 0.2) is 12.4 Å². The first-order valence-corrected chi connectivity index (χ1v) is 5.31. The quantitative estimate of drug-likeness (QED) is 0.646. The Morgan fingerprint density at radius 1 is 1.44 bits per heavy atom. The minimum Gasteiger partial charge on any atom is -0.395 e. The van der Waals surface area contributed by atoms with E-state index in [9.17, 15) is 5.26 Å². The van der Waals surface area contributed by atoms with Gasteiger partial charge >= 0.3 is 0 Å². The first-order valence-electron chi connectivity index (χ1n) is 5.31. The maximum atomic E-state index is 9.18. The second kappa shape index (κ2) is 4.63. The molecule has 0 aliphatic rings. The van der Waals surface area contributed by atoms with Crippen LogP contribution in [-0.2, 0) is 0 Å². The Balaban J connectivity index is 2.52. The van der Waals surface area contributed by atoms with Crippen molar-refractivity contribution in [3.05, 3.63) is 23.5 Å². The van der Waals surface area contributed by atoms with Crippen molar-refractivity contribution in [3.8, 4) is 6.07 Å². The van der Waals surface area contributed by atoms with Gasteiger partial charge < -0.3 is 21.4 Å². The Bertz CT molecular complexity index is 595. The summed E-state index contributed by atoms with van der Waals surface area (Å²) in [5.41, 5.74) is 7.45. The molecule has 7 nitrogen and oxygen atoms in total. The Labute approximate surface area is 104 Å². The standard InChI is InChI=1S/C11H13N7/c1-6-7(5-12)9(17-10(14-2)8(6)13)18-11-15-3-4-16-11/h3-4H,13H2,1-2H3,(H3,14,15,16,17,18). The number of aromatic amines is 1. The molecule has 5 N–H and O–H groups in total. The van der Waals surface area contributed by atoms with Gasteiger partial charge in [-0.05, 0) is 12.5 Å². The highest BCUT2D eigenvalue weighted by atomic mass is 15.2. The van der Waals surface area contributed by atoms with Gasteiger partial charge in [0.15, 0.2) is 11.6 Å². The molecule has 2 rings (SSSR count). The molecule has 0 atom stereocenters. The van der Waals surface area contributed by atoms with Gasteiger partial charge in [-0.2, -0.15) is 5.26 Å². The van der Waals surface area contributed by atoms with Crippen LogP contribution in [0.4, 0.5) is 23.3 Å². The molecule has 0 saturated heterocycles. The summed E-state index contributed by atoms with van der Waals surface area (Å²) in [6, 6.07) is 2.09. The van der Waals surface area contributed by atoms with Crippen LogP contribution in [0.2, 0.25) is 0 Å². The molecule has 0 bridgehead atoms. The highest BCUT2D eigenvalue weighted by Crippen LogP contribution is 2.29. The van der Waals surface area contributed by atoms with E-state index in [2.05, 4.69) is 31.7 Å². The Kier molecular flexibility index (Phi) is 3.02. The summed E-state index contributed by atoms with van der Waals surface area (Å²) in [6.07, 6.45) is 3.29. The highest BCUT2D eigenvalue weighted by Gasteiger charge is 2.14. The van der Waals surface area contributed by atoms with Crippen molar-refractivity contribution < 1.29 is 0 Å². The van der Waals surface area contributed by atoms with Crippen molar-refractivity contribution in [2.75, 3.05) is 23.4 Å². The molecule has 0 unspecified atom stereocenters. The highest BCUT2D eigenvalue weighted by molar-refractivity contribution is 5.75. The Morgan fingerprint density at radius 2 is 2.22 bits per heavy atom. The topological polar surface area (TPSA) is 115 Å². The lowest BCUT2D eigenvalue weighted by Gasteiger charge is -2.13. The fraction of sp³-hybridized carbons (Fsp3) is 0.182. The number of anilines is 4. The summed E-state index contributed by atoms with van der Waals surface area (Å²) in [5.74, 6) is 1.47. The molecule has 0 fully saturated rings. The number of nitrogens with zero attached hydrogens (tertiary/aromatic N) is 3. The van der Waals surface area contributed by atoms with Gasteiger partial charge in [-0.25, -0.2) is 9.97 Å². The van der Waals surface area contributed by atoms with E-state index in [0.717, 1.165) is 0 Å². The first kappa shape index (κ1) is 11.7. The van der Waals surface area contributed by atoms with Crippen molar-refractivity contribution in [2.24, 2.45) is 0 Å². The van der Waals surface area contributed by atoms with Crippen LogP contribution in [-0.4, -0.2) is 22.0 Å². The molecule has 2 aromatic rings. The second-order valence-electron chi connectivity index (χ2n) is 3.65. The predicted molar refractivity (Wildman–Crippen MR) is 69.5 cm³/mol. The zero-order chi connectivity index (χ0) is 13.1. The molecule has 2 heterocycles. The third kappa shape index (κ3) is 1.91. The summed E-state index contributed by atoms with van der Waals surface area (Å²) in [7, 11) is 1.72. The van der Waals surface area contributed by atoms with Gasteiger partial charge in [-0.1, -0.05) is 0 Å². The summed E-state index contributed by atoms with van der Waals surface area (Å²) in [6.45, 7) is 1.78. The van der Waals surface area contributed by atoms with E-state index in [-0.39, 0.29) is 0 Å². The summed E-state index contributed by atoms with van der Waals surface area (Å²) in [5, 5.41) is 15.0. The van der Waals surface area contributed by atoms with Crippen molar-refractivity contribution >= 4 is 23.3 Å². The van der Waals surface area contributed by atoms with Crippen LogP contribution in [0, 0.1) is 18.3 Å². The number of H-pyrrole nitrogens is 1. The number of nitrogen functional groups attached to an aromatic ring is 1. The van der Waals surface area contributed by atoms with E-state index in [0.29, 0.717) is 34.4 Å². The second-order valence-corrected chi connectivity index (χ2v) is 3.65. The number of pyridine rings is 1. The summed E-state index contributed by atoms with van der Waals surface area (Å²) < 4.78 is 0. The molecule has 7 heteroatoms. The number of rotatable bonds is 3. The van der Waals surface area contributed by atoms with Gasteiger partial charge in [-0.15, -0.1) is 0 Å². The average molecular weight is 243 g/mol. The molecule has 0 radical (unpaired) electrons. The van der Waals surface area contributed by atoms with E-state index in [4.69, 9.17) is 5.73 Å². The van der Waals surface area contributed by atoms with Crippen LogP contribution in [0.3, 0.4) is 0 Å².